The molecule has 0 aliphatic carbocycles. The molecule has 29 heavy (non-hydrogen) atoms. The Morgan fingerprint density at radius 3 is 2.72 bits per heavy atom. The number of H-pyrrole nitrogens is 1. The molecule has 142 valence electrons. The van der Waals surface area contributed by atoms with Crippen LogP contribution in [0.4, 0.5) is 0 Å². The number of hydrogen-bond acceptors (Lipinski definition) is 6. The molecule has 5 rings (SSSR count). The first-order valence-electron chi connectivity index (χ1n) is 8.74. The number of para-hydroxylation sites is 1. The Bertz CT molecular complexity index is 1400. The van der Waals surface area contributed by atoms with E-state index in [9.17, 15) is 4.79 Å². The summed E-state index contributed by atoms with van der Waals surface area (Å²) in [7, 11) is 0. The van der Waals surface area contributed by atoms with Gasteiger partial charge in [0, 0.05) is 5.02 Å². The summed E-state index contributed by atoms with van der Waals surface area (Å²) in [5, 5.41) is 1.92. The molecule has 0 unspecified atom stereocenters. The lowest BCUT2D eigenvalue weighted by molar-refractivity contribution is 0.883. The Hall–Kier alpha value is -3.23. The number of benzene rings is 2. The zero-order valence-corrected chi connectivity index (χ0v) is 16.5. The summed E-state index contributed by atoms with van der Waals surface area (Å²) in [6.45, 7) is 0. The van der Waals surface area contributed by atoms with E-state index in [1.807, 2.05) is 30.3 Å². The molecule has 0 fully saturated rings. The van der Waals surface area contributed by atoms with Crippen LogP contribution in [0.2, 0.25) is 5.02 Å². The van der Waals surface area contributed by atoms with Crippen molar-refractivity contribution < 1.29 is 0 Å². The maximum absolute atomic E-state index is 13.3. The molecule has 0 saturated heterocycles. The lowest BCUT2D eigenvalue weighted by Gasteiger charge is -2.13. The highest BCUT2D eigenvalue weighted by molar-refractivity contribution is 7.98. The summed E-state index contributed by atoms with van der Waals surface area (Å²) < 4.78 is 1.62. The van der Waals surface area contributed by atoms with Crippen LogP contribution in [0, 0.1) is 0 Å². The van der Waals surface area contributed by atoms with E-state index in [4.69, 9.17) is 16.6 Å². The van der Waals surface area contributed by atoms with Crippen molar-refractivity contribution >= 4 is 45.4 Å². The first-order valence-corrected chi connectivity index (χ1v) is 10.1. The van der Waals surface area contributed by atoms with Crippen LogP contribution in [0.15, 0.2) is 71.0 Å². The molecular weight excluding hydrogens is 408 g/mol. The second-order valence-electron chi connectivity index (χ2n) is 6.23. The molecule has 0 spiro atoms. The van der Waals surface area contributed by atoms with Gasteiger partial charge in [-0.1, -0.05) is 35.5 Å². The van der Waals surface area contributed by atoms with Crippen LogP contribution in [0.1, 0.15) is 5.82 Å². The summed E-state index contributed by atoms with van der Waals surface area (Å²) in [5.41, 5.74) is 2.61. The van der Waals surface area contributed by atoms with Gasteiger partial charge in [-0.15, -0.1) is 0 Å². The van der Waals surface area contributed by atoms with E-state index in [1.165, 1.54) is 18.1 Å². The van der Waals surface area contributed by atoms with Gasteiger partial charge in [-0.2, -0.15) is 0 Å². The van der Waals surface area contributed by atoms with Crippen molar-refractivity contribution in [2.45, 2.75) is 10.8 Å². The van der Waals surface area contributed by atoms with Gasteiger partial charge in [0.05, 0.1) is 28.7 Å². The summed E-state index contributed by atoms with van der Waals surface area (Å²) in [4.78, 5) is 33.7. The fraction of sp³-hybridized carbons (Fsp3) is 0.0500. The maximum atomic E-state index is 13.3. The number of halogens is 1. The predicted octanol–water partition coefficient (Wildman–Crippen LogP) is 4.00. The van der Waals surface area contributed by atoms with E-state index in [-0.39, 0.29) is 5.56 Å². The lowest BCUT2D eigenvalue weighted by atomic mass is 10.2. The Morgan fingerprint density at radius 1 is 1.03 bits per heavy atom. The second-order valence-corrected chi connectivity index (χ2v) is 7.63. The molecule has 0 saturated carbocycles. The highest BCUT2D eigenvalue weighted by atomic mass is 35.5. The van der Waals surface area contributed by atoms with Gasteiger partial charge in [-0.3, -0.25) is 9.36 Å². The number of fused-ring (bicyclic) bond motifs is 2. The zero-order chi connectivity index (χ0) is 19.8. The van der Waals surface area contributed by atoms with Gasteiger partial charge < -0.3 is 4.98 Å². The molecule has 0 bridgehead atoms. The highest BCUT2D eigenvalue weighted by Crippen LogP contribution is 2.26. The van der Waals surface area contributed by atoms with Crippen molar-refractivity contribution in [3.63, 3.8) is 0 Å². The Labute approximate surface area is 173 Å². The number of aromatic nitrogens is 6. The quantitative estimate of drug-likeness (QED) is 0.349. The summed E-state index contributed by atoms with van der Waals surface area (Å²) >= 11 is 7.50. The maximum Gasteiger partial charge on any atom is 0.265 e. The largest absolute Gasteiger partial charge is 0.341 e. The van der Waals surface area contributed by atoms with Crippen LogP contribution < -0.4 is 5.56 Å². The average molecular weight is 421 g/mol. The molecule has 5 aromatic rings. The summed E-state index contributed by atoms with van der Waals surface area (Å²) in [5.74, 6) is 1.06. The zero-order valence-electron chi connectivity index (χ0n) is 14.9. The van der Waals surface area contributed by atoms with Gasteiger partial charge in [0.15, 0.2) is 5.65 Å². The molecular formula is C20H13ClN6OS. The molecule has 7 nitrogen and oxygen atoms in total. The average Bonchev–Trinajstić information content (AvgIpc) is 3.23. The molecule has 9 heteroatoms. The van der Waals surface area contributed by atoms with Crippen molar-refractivity contribution in [2.24, 2.45) is 0 Å². The van der Waals surface area contributed by atoms with Crippen LogP contribution in [0.3, 0.4) is 0 Å². The van der Waals surface area contributed by atoms with E-state index < -0.39 is 0 Å². The van der Waals surface area contributed by atoms with Crippen molar-refractivity contribution in [1.29, 1.82) is 0 Å². The minimum Gasteiger partial charge on any atom is -0.341 e. The smallest absolute Gasteiger partial charge is 0.265 e. The molecule has 2 aromatic carbocycles. The molecule has 0 aliphatic heterocycles. The van der Waals surface area contributed by atoms with Crippen molar-refractivity contribution in [3.05, 3.63) is 82.4 Å². The van der Waals surface area contributed by atoms with E-state index in [0.717, 1.165) is 10.5 Å². The number of thioether (sulfide) groups is 1. The number of hydrogen-bond donors (Lipinski definition) is 1. The monoisotopic (exact) mass is 420 g/mol. The molecule has 1 N–H and O–H groups in total. The van der Waals surface area contributed by atoms with E-state index in [0.29, 0.717) is 38.8 Å². The third-order valence-corrected chi connectivity index (χ3v) is 5.69. The topological polar surface area (TPSA) is 89.3 Å². The van der Waals surface area contributed by atoms with E-state index in [2.05, 4.69) is 19.9 Å². The summed E-state index contributed by atoms with van der Waals surface area (Å²) in [6, 6.07) is 14.5. The molecule has 0 aliphatic rings. The van der Waals surface area contributed by atoms with Gasteiger partial charge in [0.25, 0.3) is 5.56 Å². The standard InChI is InChI=1S/C20H13ClN6OS/c21-12-5-7-13(8-6-12)27-16(26-15-4-2-1-3-14(15)20(27)28)9-29-19-17-18(23-10-22-17)24-11-25-19/h1-8,10-11H,9H2,(H,22,23,24,25). The van der Waals surface area contributed by atoms with Crippen LogP contribution in [0.25, 0.3) is 27.8 Å². The van der Waals surface area contributed by atoms with Gasteiger partial charge in [0.1, 0.15) is 22.7 Å². The van der Waals surface area contributed by atoms with Gasteiger partial charge in [-0.25, -0.2) is 19.9 Å². The fourth-order valence-electron chi connectivity index (χ4n) is 3.12. The number of aromatic amines is 1. The third kappa shape index (κ3) is 3.26. The molecule has 0 radical (unpaired) electrons. The number of rotatable bonds is 4. The second kappa shape index (κ2) is 7.31. The van der Waals surface area contributed by atoms with Crippen molar-refractivity contribution in [2.75, 3.05) is 0 Å². The number of imidazole rings is 1. The number of nitrogens with one attached hydrogen (secondary N) is 1. The molecule has 3 heterocycles. The van der Waals surface area contributed by atoms with Crippen LogP contribution in [-0.2, 0) is 5.75 Å². The minimum atomic E-state index is -0.122. The third-order valence-electron chi connectivity index (χ3n) is 4.46. The molecule has 0 atom stereocenters. The first kappa shape index (κ1) is 17.8. The van der Waals surface area contributed by atoms with Crippen LogP contribution in [-0.4, -0.2) is 29.5 Å². The minimum absolute atomic E-state index is 0.122. The Balaban J connectivity index is 1.63. The Kier molecular flexibility index (Phi) is 4.49. The van der Waals surface area contributed by atoms with Crippen LogP contribution >= 0.6 is 23.4 Å². The molecule has 3 aromatic heterocycles. The molecule has 0 amide bonds. The van der Waals surface area contributed by atoms with Crippen LogP contribution in [0.5, 0.6) is 0 Å². The summed E-state index contributed by atoms with van der Waals surface area (Å²) in [6.07, 6.45) is 3.06. The highest BCUT2D eigenvalue weighted by Gasteiger charge is 2.15. The van der Waals surface area contributed by atoms with Crippen molar-refractivity contribution in [3.8, 4) is 5.69 Å². The predicted molar refractivity (Wildman–Crippen MR) is 114 cm³/mol. The van der Waals surface area contributed by atoms with Gasteiger partial charge >= 0.3 is 0 Å². The van der Waals surface area contributed by atoms with E-state index >= 15 is 0 Å². The fourth-order valence-corrected chi connectivity index (χ4v) is 4.12. The normalized spacial score (nSPS) is 11.3. The van der Waals surface area contributed by atoms with Gasteiger partial charge in [0.2, 0.25) is 0 Å². The number of nitrogens with zero attached hydrogens (tertiary/aromatic N) is 5. The first-order chi connectivity index (χ1) is 14.2. The SMILES string of the molecule is O=c1c2ccccc2nc(CSc2ncnc3nc[nH]c23)n1-c1ccc(Cl)cc1. The van der Waals surface area contributed by atoms with Gasteiger partial charge in [-0.05, 0) is 36.4 Å². The van der Waals surface area contributed by atoms with E-state index in [1.54, 1.807) is 29.1 Å². The Morgan fingerprint density at radius 2 is 1.86 bits per heavy atom. The lowest BCUT2D eigenvalue weighted by Crippen LogP contribution is -2.23. The van der Waals surface area contributed by atoms with Crippen molar-refractivity contribution in [1.82, 2.24) is 29.5 Å².